The fourth-order valence-electron chi connectivity index (χ4n) is 3.23. The van der Waals surface area contributed by atoms with Crippen LogP contribution in [0.4, 0.5) is 0 Å². The molecule has 1 aliphatic heterocycles. The quantitative estimate of drug-likeness (QED) is 0.147. The Bertz CT molecular complexity index is 1340. The minimum Gasteiger partial charge on any atom is -0.493 e. The Morgan fingerprint density at radius 1 is 1.18 bits per heavy atom. The number of ether oxygens (including phenoxy) is 3. The zero-order valence-electron chi connectivity index (χ0n) is 17.9. The molecule has 6 nitrogen and oxygen atoms in total. The summed E-state index contributed by atoms with van der Waals surface area (Å²) in [5.41, 5.74) is 0.690. The minimum atomic E-state index is -0.618. The van der Waals surface area contributed by atoms with E-state index >= 15 is 0 Å². The van der Waals surface area contributed by atoms with E-state index in [-0.39, 0.29) is 21.6 Å². The van der Waals surface area contributed by atoms with Crippen molar-refractivity contribution in [3.63, 3.8) is 0 Å². The summed E-state index contributed by atoms with van der Waals surface area (Å²) < 4.78 is 17.3. The van der Waals surface area contributed by atoms with Gasteiger partial charge in [-0.2, -0.15) is 0 Å². The van der Waals surface area contributed by atoms with Crippen molar-refractivity contribution in [2.75, 3.05) is 27.4 Å². The second-order valence-corrected chi connectivity index (χ2v) is 10.5. The number of amides is 1. The molecule has 11 heteroatoms. The van der Waals surface area contributed by atoms with Crippen LogP contribution in [0.15, 0.2) is 41.3 Å². The van der Waals surface area contributed by atoms with E-state index in [4.69, 9.17) is 49.6 Å². The molecule has 0 N–H and O–H groups in total. The predicted molar refractivity (Wildman–Crippen MR) is 142 cm³/mol. The number of thioether (sulfide) groups is 1. The molecule has 1 aliphatic rings. The number of carbonyl (C=O) groups excluding carboxylic acids is 2. The Morgan fingerprint density at radius 3 is 2.68 bits per heavy atom. The number of fused-ring (bicyclic) bond motifs is 1. The van der Waals surface area contributed by atoms with Crippen LogP contribution in [0.25, 0.3) is 16.2 Å². The predicted octanol–water partition coefficient (Wildman–Crippen LogP) is 6.28. The first-order chi connectivity index (χ1) is 16.3. The Labute approximate surface area is 219 Å². The molecule has 1 amide bonds. The topological polar surface area (TPSA) is 65.1 Å². The van der Waals surface area contributed by atoms with E-state index in [1.165, 1.54) is 35.1 Å². The summed E-state index contributed by atoms with van der Waals surface area (Å²) in [6, 6.07) is 10.3. The largest absolute Gasteiger partial charge is 0.493 e. The molecule has 2 heterocycles. The zero-order valence-corrected chi connectivity index (χ0v) is 21.9. The highest BCUT2D eigenvalue weighted by atomic mass is 35.5. The second kappa shape index (κ2) is 10.6. The number of nitrogens with zero attached hydrogens (tertiary/aromatic N) is 1. The van der Waals surface area contributed by atoms with Crippen LogP contribution in [0.5, 0.6) is 11.5 Å². The molecule has 0 aliphatic carbocycles. The maximum Gasteiger partial charge on any atom is 0.355 e. The van der Waals surface area contributed by atoms with Gasteiger partial charge in [0.2, 0.25) is 0 Å². The van der Waals surface area contributed by atoms with Crippen molar-refractivity contribution in [1.82, 2.24) is 4.90 Å². The Morgan fingerprint density at radius 2 is 1.97 bits per heavy atom. The lowest BCUT2D eigenvalue weighted by molar-refractivity contribution is -0.122. The van der Waals surface area contributed by atoms with Gasteiger partial charge in [0.15, 0.2) is 11.5 Å². The van der Waals surface area contributed by atoms with Crippen LogP contribution in [0.2, 0.25) is 10.0 Å². The highest BCUT2D eigenvalue weighted by Crippen LogP contribution is 2.40. The molecule has 176 valence electrons. The van der Waals surface area contributed by atoms with Crippen LogP contribution in [0, 0.1) is 0 Å². The van der Waals surface area contributed by atoms with E-state index < -0.39 is 5.97 Å². The van der Waals surface area contributed by atoms with Crippen LogP contribution < -0.4 is 9.47 Å². The summed E-state index contributed by atoms with van der Waals surface area (Å²) >= 11 is 20.4. The average Bonchev–Trinajstić information content (AvgIpc) is 3.29. The Balaban J connectivity index is 1.56. The summed E-state index contributed by atoms with van der Waals surface area (Å²) in [4.78, 5) is 27.8. The fourth-order valence-corrected chi connectivity index (χ4v) is 6.36. The lowest BCUT2D eigenvalue weighted by Gasteiger charge is -2.13. The second-order valence-electron chi connectivity index (χ2n) is 6.98. The van der Waals surface area contributed by atoms with Gasteiger partial charge in [-0.15, -0.1) is 11.3 Å². The molecule has 0 radical (unpaired) electrons. The van der Waals surface area contributed by atoms with Crippen LogP contribution in [-0.4, -0.2) is 48.5 Å². The summed E-state index contributed by atoms with van der Waals surface area (Å²) in [6.07, 6.45) is 1.71. The summed E-state index contributed by atoms with van der Waals surface area (Å²) in [5, 5.41) is 1.34. The lowest BCUT2D eigenvalue weighted by Crippen LogP contribution is -2.31. The molecule has 0 spiro atoms. The summed E-state index contributed by atoms with van der Waals surface area (Å²) in [5.74, 6) is -0.254. The number of esters is 1. The standard InChI is InChI=1S/C23H17Cl2NO5S3/c1-29-9-8-26-21(27)17(34-23(26)32)11-12-6-7-14(15(10-12)30-2)31-22(28)20-19(25)18-13(24)4-3-5-16(18)33-20/h3-7,10-11H,8-9H2,1-2H3. The molecule has 3 aromatic rings. The zero-order chi connectivity index (χ0) is 24.4. The van der Waals surface area contributed by atoms with E-state index in [2.05, 4.69) is 0 Å². The number of thiophene rings is 1. The molecule has 4 rings (SSSR count). The van der Waals surface area contributed by atoms with E-state index in [1.807, 2.05) is 6.07 Å². The van der Waals surface area contributed by atoms with Gasteiger partial charge in [0.05, 0.1) is 35.2 Å². The maximum atomic E-state index is 12.9. The number of thiocarbonyl (C=S) groups is 1. The summed E-state index contributed by atoms with van der Waals surface area (Å²) in [7, 11) is 3.03. The van der Waals surface area contributed by atoms with Gasteiger partial charge in [0.1, 0.15) is 9.20 Å². The number of benzene rings is 2. The number of hydrogen-bond acceptors (Lipinski definition) is 8. The van der Waals surface area contributed by atoms with E-state index in [1.54, 1.807) is 43.5 Å². The third-order valence-electron chi connectivity index (χ3n) is 4.87. The normalized spacial score (nSPS) is 14.9. The molecule has 1 aromatic heterocycles. The van der Waals surface area contributed by atoms with Gasteiger partial charge in [-0.05, 0) is 35.9 Å². The third kappa shape index (κ3) is 4.95. The monoisotopic (exact) mass is 553 g/mol. The highest BCUT2D eigenvalue weighted by molar-refractivity contribution is 8.26. The van der Waals surface area contributed by atoms with Gasteiger partial charge in [-0.1, -0.05) is 59.3 Å². The number of methoxy groups -OCH3 is 2. The Kier molecular flexibility index (Phi) is 7.81. The van der Waals surface area contributed by atoms with Crippen LogP contribution in [0.1, 0.15) is 15.2 Å². The number of rotatable bonds is 7. The first-order valence-electron chi connectivity index (χ1n) is 9.85. The molecule has 0 atom stereocenters. The van der Waals surface area contributed by atoms with Crippen molar-refractivity contribution >= 4 is 90.9 Å². The van der Waals surface area contributed by atoms with Crippen LogP contribution >= 0.6 is 58.5 Å². The van der Waals surface area contributed by atoms with Gasteiger partial charge in [0, 0.05) is 17.2 Å². The van der Waals surface area contributed by atoms with Crippen molar-refractivity contribution in [3.05, 3.63) is 61.8 Å². The first-order valence-corrected chi connectivity index (χ1v) is 12.6. The molecule has 0 saturated carbocycles. The fraction of sp³-hybridized carbons (Fsp3) is 0.174. The number of hydrogen-bond donors (Lipinski definition) is 0. The smallest absolute Gasteiger partial charge is 0.355 e. The van der Waals surface area contributed by atoms with Crippen molar-refractivity contribution < 1.29 is 23.8 Å². The molecule has 0 unspecified atom stereocenters. The summed E-state index contributed by atoms with van der Waals surface area (Å²) in [6.45, 7) is 0.784. The Hall–Kier alpha value is -2.14. The van der Waals surface area contributed by atoms with Gasteiger partial charge in [-0.25, -0.2) is 4.79 Å². The van der Waals surface area contributed by atoms with Crippen molar-refractivity contribution in [1.29, 1.82) is 0 Å². The average molecular weight is 554 g/mol. The van der Waals surface area contributed by atoms with Gasteiger partial charge >= 0.3 is 5.97 Å². The third-order valence-corrected chi connectivity index (χ3v) is 8.19. The first kappa shape index (κ1) is 25.0. The van der Waals surface area contributed by atoms with E-state index in [0.29, 0.717) is 44.1 Å². The van der Waals surface area contributed by atoms with Crippen LogP contribution in [-0.2, 0) is 9.53 Å². The van der Waals surface area contributed by atoms with Crippen molar-refractivity contribution in [3.8, 4) is 11.5 Å². The molecular formula is C23H17Cl2NO5S3. The molecule has 0 bridgehead atoms. The van der Waals surface area contributed by atoms with Crippen LogP contribution in [0.3, 0.4) is 0 Å². The number of carbonyl (C=O) groups is 2. The van der Waals surface area contributed by atoms with Crippen molar-refractivity contribution in [2.45, 2.75) is 0 Å². The van der Waals surface area contributed by atoms with Gasteiger partial charge in [0.25, 0.3) is 5.91 Å². The molecule has 1 saturated heterocycles. The molecule has 2 aromatic carbocycles. The number of halogens is 2. The SMILES string of the molecule is COCCN1C(=O)C(=Cc2ccc(OC(=O)c3sc4cccc(Cl)c4c3Cl)c(OC)c2)SC1=S. The van der Waals surface area contributed by atoms with Gasteiger partial charge < -0.3 is 14.2 Å². The lowest BCUT2D eigenvalue weighted by atomic mass is 10.2. The van der Waals surface area contributed by atoms with Gasteiger partial charge in [-0.3, -0.25) is 9.69 Å². The highest BCUT2D eigenvalue weighted by Gasteiger charge is 2.31. The molecule has 34 heavy (non-hydrogen) atoms. The molecule has 1 fully saturated rings. The van der Waals surface area contributed by atoms with E-state index in [0.717, 1.165) is 4.70 Å². The molecular weight excluding hydrogens is 537 g/mol. The maximum absolute atomic E-state index is 12.9. The minimum absolute atomic E-state index is 0.181. The van der Waals surface area contributed by atoms with Crippen molar-refractivity contribution in [2.24, 2.45) is 0 Å². The van der Waals surface area contributed by atoms with E-state index in [9.17, 15) is 9.59 Å².